The molecule has 2 nitrogen and oxygen atoms in total. The van der Waals surface area contributed by atoms with Crippen LogP contribution in [-0.4, -0.2) is 5.11 Å². The van der Waals surface area contributed by atoms with Crippen LogP contribution in [0.1, 0.15) is 0 Å². The summed E-state index contributed by atoms with van der Waals surface area (Å²) in [6, 6.07) is 13.3. The molecule has 3 heteroatoms. The molecule has 0 radical (unpaired) electrons. The number of para-hydroxylation sites is 2. The Hall–Kier alpha value is -2.29. The van der Waals surface area contributed by atoms with Crippen LogP contribution in [0.3, 0.4) is 0 Å². The summed E-state index contributed by atoms with van der Waals surface area (Å²) in [6.07, 6.45) is 0. The topological polar surface area (TPSA) is 33.4 Å². The van der Waals surface area contributed by atoms with E-state index in [4.69, 9.17) is 4.42 Å². The van der Waals surface area contributed by atoms with Gasteiger partial charge >= 0.3 is 0 Å². The molecule has 1 N–H and O–H groups in total. The standard InChI is InChI=1S/C14H9FO2/c15-11-6-3-4-9-8-13(17-14(9)11)10-5-1-2-7-12(10)16/h1-8,16H. The molecule has 3 aromatic rings. The van der Waals surface area contributed by atoms with Gasteiger partial charge in [0.25, 0.3) is 0 Å². The molecule has 1 aromatic heterocycles. The zero-order valence-electron chi connectivity index (χ0n) is 8.85. The molecule has 0 amide bonds. The highest BCUT2D eigenvalue weighted by atomic mass is 19.1. The van der Waals surface area contributed by atoms with Gasteiger partial charge in [-0.3, -0.25) is 0 Å². The van der Waals surface area contributed by atoms with Crippen LogP contribution in [0.15, 0.2) is 52.9 Å². The third kappa shape index (κ3) is 1.56. The molecule has 0 atom stereocenters. The first-order valence-electron chi connectivity index (χ1n) is 5.22. The molecular weight excluding hydrogens is 219 g/mol. The average molecular weight is 228 g/mol. The van der Waals surface area contributed by atoms with Gasteiger partial charge in [0.15, 0.2) is 11.4 Å². The molecule has 17 heavy (non-hydrogen) atoms. The van der Waals surface area contributed by atoms with Crippen molar-refractivity contribution in [3.63, 3.8) is 0 Å². The van der Waals surface area contributed by atoms with Gasteiger partial charge in [0.1, 0.15) is 11.5 Å². The Labute approximate surface area is 96.9 Å². The smallest absolute Gasteiger partial charge is 0.170 e. The summed E-state index contributed by atoms with van der Waals surface area (Å²) in [7, 11) is 0. The number of hydrogen-bond donors (Lipinski definition) is 1. The Morgan fingerprint density at radius 2 is 1.82 bits per heavy atom. The predicted octanol–water partition coefficient (Wildman–Crippen LogP) is 3.94. The molecule has 0 aliphatic carbocycles. The molecule has 0 unspecified atom stereocenters. The van der Waals surface area contributed by atoms with Crippen LogP contribution in [0.2, 0.25) is 0 Å². The summed E-state index contributed by atoms with van der Waals surface area (Å²) >= 11 is 0. The van der Waals surface area contributed by atoms with E-state index < -0.39 is 5.82 Å². The molecule has 84 valence electrons. The van der Waals surface area contributed by atoms with E-state index in [0.29, 0.717) is 16.7 Å². The van der Waals surface area contributed by atoms with Crippen LogP contribution in [-0.2, 0) is 0 Å². The zero-order chi connectivity index (χ0) is 11.8. The number of fused-ring (bicyclic) bond motifs is 1. The van der Waals surface area contributed by atoms with Crippen molar-refractivity contribution < 1.29 is 13.9 Å². The largest absolute Gasteiger partial charge is 0.507 e. The van der Waals surface area contributed by atoms with E-state index in [1.54, 1.807) is 42.5 Å². The first-order valence-corrected chi connectivity index (χ1v) is 5.22. The highest BCUT2D eigenvalue weighted by Crippen LogP contribution is 2.33. The van der Waals surface area contributed by atoms with Crippen LogP contribution in [0, 0.1) is 5.82 Å². The predicted molar refractivity (Wildman–Crippen MR) is 63.3 cm³/mol. The molecule has 0 saturated carbocycles. The van der Waals surface area contributed by atoms with Gasteiger partial charge in [0.2, 0.25) is 0 Å². The van der Waals surface area contributed by atoms with Crippen molar-refractivity contribution >= 4 is 11.0 Å². The fourth-order valence-electron chi connectivity index (χ4n) is 1.84. The first-order chi connectivity index (χ1) is 8.25. The van der Waals surface area contributed by atoms with Gasteiger partial charge in [-0.15, -0.1) is 0 Å². The normalized spacial score (nSPS) is 10.9. The van der Waals surface area contributed by atoms with E-state index in [0.717, 1.165) is 0 Å². The molecule has 2 aromatic carbocycles. The third-order valence-corrected chi connectivity index (χ3v) is 2.67. The summed E-state index contributed by atoms with van der Waals surface area (Å²) in [5, 5.41) is 10.4. The Morgan fingerprint density at radius 3 is 2.59 bits per heavy atom. The highest BCUT2D eigenvalue weighted by Gasteiger charge is 2.11. The van der Waals surface area contributed by atoms with Crippen LogP contribution < -0.4 is 0 Å². The molecule has 0 spiro atoms. The van der Waals surface area contributed by atoms with Gasteiger partial charge in [-0.25, -0.2) is 4.39 Å². The minimum absolute atomic E-state index is 0.118. The summed E-state index contributed by atoms with van der Waals surface area (Å²) in [5.74, 6) is 0.180. The Bertz CT molecular complexity index is 686. The molecule has 0 aliphatic heterocycles. The van der Waals surface area contributed by atoms with E-state index >= 15 is 0 Å². The van der Waals surface area contributed by atoms with E-state index in [1.165, 1.54) is 6.07 Å². The maximum Gasteiger partial charge on any atom is 0.170 e. The van der Waals surface area contributed by atoms with Gasteiger partial charge in [-0.2, -0.15) is 0 Å². The lowest BCUT2D eigenvalue weighted by atomic mass is 10.1. The number of hydrogen-bond acceptors (Lipinski definition) is 2. The third-order valence-electron chi connectivity index (χ3n) is 2.67. The van der Waals surface area contributed by atoms with E-state index in [9.17, 15) is 9.50 Å². The van der Waals surface area contributed by atoms with E-state index in [1.807, 2.05) is 0 Å². The lowest BCUT2D eigenvalue weighted by Crippen LogP contribution is -1.74. The van der Waals surface area contributed by atoms with Gasteiger partial charge < -0.3 is 9.52 Å². The van der Waals surface area contributed by atoms with Crippen molar-refractivity contribution in [2.75, 3.05) is 0 Å². The van der Waals surface area contributed by atoms with Gasteiger partial charge in [-0.05, 0) is 24.3 Å². The van der Waals surface area contributed by atoms with Crippen molar-refractivity contribution in [3.05, 3.63) is 54.3 Å². The summed E-state index contributed by atoms with van der Waals surface area (Å²) in [6.45, 7) is 0. The molecule has 3 rings (SSSR count). The molecular formula is C14H9FO2. The summed E-state index contributed by atoms with van der Waals surface area (Å²) < 4.78 is 18.9. The monoisotopic (exact) mass is 228 g/mol. The molecule has 0 fully saturated rings. The van der Waals surface area contributed by atoms with Crippen LogP contribution >= 0.6 is 0 Å². The second-order valence-electron chi connectivity index (χ2n) is 3.79. The maximum atomic E-state index is 13.5. The summed E-state index contributed by atoms with van der Waals surface area (Å²) in [5.41, 5.74) is 0.772. The number of benzene rings is 2. The molecule has 0 bridgehead atoms. The number of phenolic OH excluding ortho intramolecular Hbond substituents is 1. The Balaban J connectivity index is 2.26. The highest BCUT2D eigenvalue weighted by molar-refractivity contribution is 5.84. The van der Waals surface area contributed by atoms with Crippen LogP contribution in [0.4, 0.5) is 4.39 Å². The van der Waals surface area contributed by atoms with Crippen LogP contribution in [0.25, 0.3) is 22.3 Å². The van der Waals surface area contributed by atoms with E-state index in [-0.39, 0.29) is 11.3 Å². The van der Waals surface area contributed by atoms with Gasteiger partial charge in [0, 0.05) is 5.39 Å². The number of aromatic hydroxyl groups is 1. The lowest BCUT2D eigenvalue weighted by Gasteiger charge is -1.98. The second-order valence-corrected chi connectivity index (χ2v) is 3.79. The van der Waals surface area contributed by atoms with Gasteiger partial charge in [-0.1, -0.05) is 24.3 Å². The fourth-order valence-corrected chi connectivity index (χ4v) is 1.84. The second kappa shape index (κ2) is 3.63. The van der Waals surface area contributed by atoms with Crippen LogP contribution in [0.5, 0.6) is 5.75 Å². The maximum absolute atomic E-state index is 13.5. The lowest BCUT2D eigenvalue weighted by molar-refractivity contribution is 0.474. The molecule has 0 saturated heterocycles. The van der Waals surface area contributed by atoms with Gasteiger partial charge in [0.05, 0.1) is 5.56 Å². The van der Waals surface area contributed by atoms with Crippen molar-refractivity contribution in [2.45, 2.75) is 0 Å². The average Bonchev–Trinajstić information content (AvgIpc) is 2.75. The minimum atomic E-state index is -0.399. The molecule has 0 aliphatic rings. The van der Waals surface area contributed by atoms with Crippen molar-refractivity contribution in [1.82, 2.24) is 0 Å². The van der Waals surface area contributed by atoms with Crippen molar-refractivity contribution in [2.24, 2.45) is 0 Å². The summed E-state index contributed by atoms with van der Waals surface area (Å²) in [4.78, 5) is 0. The van der Waals surface area contributed by atoms with Crippen molar-refractivity contribution in [1.29, 1.82) is 0 Å². The van der Waals surface area contributed by atoms with Crippen molar-refractivity contribution in [3.8, 4) is 17.1 Å². The Kier molecular flexibility index (Phi) is 2.11. The number of halogens is 1. The molecule has 1 heterocycles. The quantitative estimate of drug-likeness (QED) is 0.684. The SMILES string of the molecule is Oc1ccccc1-c1cc2cccc(F)c2o1. The number of phenols is 1. The van der Waals surface area contributed by atoms with E-state index in [2.05, 4.69) is 0 Å². The zero-order valence-corrected chi connectivity index (χ0v) is 8.85. The number of furan rings is 1. The number of rotatable bonds is 1. The fraction of sp³-hybridized carbons (Fsp3) is 0. The Morgan fingerprint density at radius 1 is 1.00 bits per heavy atom. The first kappa shape index (κ1) is 9.90. The minimum Gasteiger partial charge on any atom is -0.507 e.